The molecule has 0 spiro atoms. The maximum absolute atomic E-state index is 14.1. The summed E-state index contributed by atoms with van der Waals surface area (Å²) < 4.78 is 95.2. The number of alkyl halides is 7. The van der Waals surface area contributed by atoms with Crippen molar-refractivity contribution >= 4 is 40.1 Å². The second kappa shape index (κ2) is 12.4. The Bertz CT molecular complexity index is 1750. The molecular formula is C27H24F7IN8O2. The molecule has 0 fully saturated rings. The smallest absolute Gasteiger partial charge is 0.350 e. The van der Waals surface area contributed by atoms with Crippen LogP contribution in [0, 0.1) is 17.4 Å². The third-order valence-electron chi connectivity index (χ3n) is 6.29. The predicted molar refractivity (Wildman–Crippen MR) is 155 cm³/mol. The highest BCUT2D eigenvalue weighted by Gasteiger charge is 2.74. The number of halogens is 8. The van der Waals surface area contributed by atoms with Crippen LogP contribution in [0.5, 0.6) is 0 Å². The fraction of sp³-hybridized carbons (Fsp3) is 0.333. The van der Waals surface area contributed by atoms with Crippen LogP contribution in [0.15, 0.2) is 42.7 Å². The lowest BCUT2D eigenvalue weighted by Gasteiger charge is -2.26. The van der Waals surface area contributed by atoms with Crippen molar-refractivity contribution in [2.45, 2.75) is 58.3 Å². The molecule has 0 aliphatic rings. The molecule has 4 aromatic rings. The molecule has 3 heterocycles. The van der Waals surface area contributed by atoms with Gasteiger partial charge in [0.05, 0.1) is 23.1 Å². The number of nitrogens with one attached hydrogen (secondary N) is 2. The molecule has 0 saturated heterocycles. The minimum absolute atomic E-state index is 0.0599. The zero-order valence-electron chi connectivity index (χ0n) is 23.8. The molecule has 0 aliphatic heterocycles. The Balaban J connectivity index is 1.73. The van der Waals surface area contributed by atoms with Gasteiger partial charge in [0, 0.05) is 15.8 Å². The highest BCUT2D eigenvalue weighted by atomic mass is 127. The van der Waals surface area contributed by atoms with Gasteiger partial charge in [-0.2, -0.15) is 50.8 Å². The van der Waals surface area contributed by atoms with E-state index in [0.717, 1.165) is 8.25 Å². The van der Waals surface area contributed by atoms with E-state index in [9.17, 15) is 40.3 Å². The Hall–Kier alpha value is -4.10. The minimum atomic E-state index is -6.55. The summed E-state index contributed by atoms with van der Waals surface area (Å²) in [5, 5.41) is 16.3. The Labute approximate surface area is 264 Å². The molecule has 1 aromatic carbocycles. The zero-order valence-corrected chi connectivity index (χ0v) is 26.0. The standard InChI is InChI=1S/C27H24F7IN8O2/c1-13(2)38-23(44)18-9-16(35)8-15(4)21(18)39-24(45)19-10-17(40-43(19)22-14(3)6-5-7-36-22)12-42-37-11-20(41-42)25(28,29)26(30,31)27(32,33)34/h5-11,13H,12H2,1-4H3,(H,38,44)(H,39,45). The van der Waals surface area contributed by atoms with E-state index in [1.165, 1.54) is 12.3 Å². The Morgan fingerprint density at radius 1 is 0.978 bits per heavy atom. The van der Waals surface area contributed by atoms with Crippen LogP contribution in [-0.4, -0.2) is 59.7 Å². The average molecular weight is 752 g/mol. The maximum Gasteiger partial charge on any atom is 0.460 e. The summed E-state index contributed by atoms with van der Waals surface area (Å²) in [6, 6.07) is 7.65. The van der Waals surface area contributed by atoms with Crippen LogP contribution in [0.1, 0.15) is 57.2 Å². The molecule has 45 heavy (non-hydrogen) atoms. The SMILES string of the molecule is Cc1cccnc1-n1nc(Cn2ncc(C(F)(F)C(F)(F)C(F)(F)F)n2)cc1C(=O)Nc1c(C)cc(I)cc1C(=O)NC(C)C. The van der Waals surface area contributed by atoms with Gasteiger partial charge in [-0.1, -0.05) is 6.07 Å². The third-order valence-corrected chi connectivity index (χ3v) is 6.91. The van der Waals surface area contributed by atoms with Gasteiger partial charge in [-0.15, -0.1) is 0 Å². The monoisotopic (exact) mass is 752 g/mol. The molecule has 2 N–H and O–H groups in total. The van der Waals surface area contributed by atoms with Crippen molar-refractivity contribution in [3.63, 3.8) is 0 Å². The molecule has 0 unspecified atom stereocenters. The van der Waals surface area contributed by atoms with E-state index in [-0.39, 0.29) is 40.7 Å². The summed E-state index contributed by atoms with van der Waals surface area (Å²) >= 11 is 2.03. The number of benzene rings is 1. The molecule has 240 valence electrons. The Kier molecular flexibility index (Phi) is 9.28. The van der Waals surface area contributed by atoms with Gasteiger partial charge < -0.3 is 10.6 Å². The Morgan fingerprint density at radius 2 is 1.67 bits per heavy atom. The second-order valence-electron chi connectivity index (χ2n) is 10.2. The summed E-state index contributed by atoms with van der Waals surface area (Å²) in [7, 11) is 0. The van der Waals surface area contributed by atoms with Gasteiger partial charge in [0.2, 0.25) is 0 Å². The van der Waals surface area contributed by atoms with Crippen LogP contribution >= 0.6 is 22.6 Å². The number of rotatable bonds is 9. The molecule has 10 nitrogen and oxygen atoms in total. The van der Waals surface area contributed by atoms with Crippen LogP contribution in [0.2, 0.25) is 0 Å². The van der Waals surface area contributed by atoms with Crippen LogP contribution < -0.4 is 10.6 Å². The molecule has 0 bridgehead atoms. The van der Waals surface area contributed by atoms with Crippen molar-refractivity contribution in [2.75, 3.05) is 5.32 Å². The van der Waals surface area contributed by atoms with Gasteiger partial charge >= 0.3 is 18.0 Å². The summed E-state index contributed by atoms with van der Waals surface area (Å²) in [6.07, 6.45) is -5.03. The number of carbonyl (C=O) groups is 2. The lowest BCUT2D eigenvalue weighted by molar-refractivity contribution is -0.360. The van der Waals surface area contributed by atoms with E-state index in [4.69, 9.17) is 0 Å². The van der Waals surface area contributed by atoms with Crippen molar-refractivity contribution in [3.8, 4) is 5.82 Å². The van der Waals surface area contributed by atoms with E-state index in [2.05, 4.69) is 30.9 Å². The topological polar surface area (TPSA) is 120 Å². The summed E-state index contributed by atoms with van der Waals surface area (Å²) in [5.74, 6) is -13.1. The zero-order chi connectivity index (χ0) is 33.5. The van der Waals surface area contributed by atoms with Crippen molar-refractivity contribution in [2.24, 2.45) is 0 Å². The first kappa shape index (κ1) is 33.8. The number of aryl methyl sites for hydroxylation is 2. The molecule has 4 rings (SSSR count). The highest BCUT2D eigenvalue weighted by molar-refractivity contribution is 14.1. The molecule has 0 aliphatic carbocycles. The number of anilines is 1. The quantitative estimate of drug-likeness (QED) is 0.165. The molecule has 0 saturated carbocycles. The second-order valence-corrected chi connectivity index (χ2v) is 11.5. The minimum Gasteiger partial charge on any atom is -0.350 e. The van der Waals surface area contributed by atoms with Crippen LogP contribution in [-0.2, 0) is 12.5 Å². The van der Waals surface area contributed by atoms with Gasteiger partial charge in [0.1, 0.15) is 12.2 Å². The number of amides is 2. The van der Waals surface area contributed by atoms with Crippen LogP contribution in [0.3, 0.4) is 0 Å². The van der Waals surface area contributed by atoms with E-state index >= 15 is 0 Å². The highest BCUT2D eigenvalue weighted by Crippen LogP contribution is 2.51. The summed E-state index contributed by atoms with van der Waals surface area (Å²) in [6.45, 7) is 6.30. The lowest BCUT2D eigenvalue weighted by atomic mass is 10.1. The van der Waals surface area contributed by atoms with E-state index in [1.54, 1.807) is 52.0 Å². The van der Waals surface area contributed by atoms with Gasteiger partial charge in [-0.3, -0.25) is 9.59 Å². The van der Waals surface area contributed by atoms with E-state index in [0.29, 0.717) is 15.9 Å². The number of carbonyl (C=O) groups excluding carboxylic acids is 2. The summed E-state index contributed by atoms with van der Waals surface area (Å²) in [5.41, 5.74) is -0.587. The molecule has 2 amide bonds. The van der Waals surface area contributed by atoms with Crippen molar-refractivity contribution in [1.29, 1.82) is 0 Å². The largest absolute Gasteiger partial charge is 0.460 e. The number of hydrogen-bond donors (Lipinski definition) is 2. The Morgan fingerprint density at radius 3 is 2.29 bits per heavy atom. The normalized spacial score (nSPS) is 12.5. The lowest BCUT2D eigenvalue weighted by Crippen LogP contribution is -2.50. The maximum atomic E-state index is 14.1. The summed E-state index contributed by atoms with van der Waals surface area (Å²) in [4.78, 5) is 31.3. The van der Waals surface area contributed by atoms with Gasteiger partial charge in [-0.05, 0) is 85.7 Å². The first-order valence-corrected chi connectivity index (χ1v) is 14.1. The van der Waals surface area contributed by atoms with E-state index in [1.807, 2.05) is 22.6 Å². The third kappa shape index (κ3) is 6.79. The first-order valence-electron chi connectivity index (χ1n) is 13.0. The van der Waals surface area contributed by atoms with Gasteiger partial charge in [0.25, 0.3) is 11.8 Å². The van der Waals surface area contributed by atoms with Crippen LogP contribution in [0.4, 0.5) is 36.4 Å². The fourth-order valence-corrected chi connectivity index (χ4v) is 4.91. The van der Waals surface area contributed by atoms with E-state index < -0.39 is 42.1 Å². The molecule has 3 aromatic heterocycles. The first-order chi connectivity index (χ1) is 20.8. The molecule has 18 heteroatoms. The number of nitrogens with zero attached hydrogens (tertiary/aromatic N) is 6. The fourth-order valence-electron chi connectivity index (χ4n) is 4.14. The molecule has 0 radical (unpaired) electrons. The van der Waals surface area contributed by atoms with Gasteiger partial charge in [0.15, 0.2) is 11.5 Å². The average Bonchev–Trinajstić information content (AvgIpc) is 3.57. The van der Waals surface area contributed by atoms with Gasteiger partial charge in [-0.25, -0.2) is 9.67 Å². The predicted octanol–water partition coefficient (Wildman–Crippen LogP) is 5.81. The van der Waals surface area contributed by atoms with Crippen molar-refractivity contribution in [3.05, 3.63) is 80.1 Å². The number of pyridine rings is 1. The van der Waals surface area contributed by atoms with Crippen molar-refractivity contribution < 1.29 is 40.3 Å². The number of aromatic nitrogens is 6. The van der Waals surface area contributed by atoms with Crippen molar-refractivity contribution in [1.82, 2.24) is 35.1 Å². The molecular weight excluding hydrogens is 728 g/mol. The van der Waals surface area contributed by atoms with Crippen LogP contribution in [0.25, 0.3) is 5.82 Å². The number of hydrogen-bond acceptors (Lipinski definition) is 6. The molecule has 0 atom stereocenters.